The maximum absolute atomic E-state index is 13.1. The van der Waals surface area contributed by atoms with E-state index in [-0.39, 0.29) is 0 Å². The molecule has 1 rings (SSSR count). The monoisotopic (exact) mass is 250 g/mol. The van der Waals surface area contributed by atoms with Crippen LogP contribution in [-0.2, 0) is 4.74 Å². The first kappa shape index (κ1) is 13.5. The second kappa shape index (κ2) is 5.15. The van der Waals surface area contributed by atoms with E-state index in [0.29, 0.717) is 11.1 Å². The highest BCUT2D eigenvalue weighted by Crippen LogP contribution is 2.12. The van der Waals surface area contributed by atoms with Crippen molar-refractivity contribution >= 4 is 14.0 Å². The molecular formula is C13H15FO2Si. The van der Waals surface area contributed by atoms with Gasteiger partial charge in [-0.2, -0.15) is 0 Å². The van der Waals surface area contributed by atoms with Gasteiger partial charge >= 0.3 is 5.97 Å². The summed E-state index contributed by atoms with van der Waals surface area (Å²) < 4.78 is 17.8. The van der Waals surface area contributed by atoms with Gasteiger partial charge in [-0.25, -0.2) is 9.18 Å². The third kappa shape index (κ3) is 4.04. The zero-order valence-corrected chi connectivity index (χ0v) is 11.4. The number of carbonyl (C=O) groups is 1. The fraction of sp³-hybridized carbons (Fsp3) is 0.308. The lowest BCUT2D eigenvalue weighted by molar-refractivity contribution is 0.0600. The number of esters is 1. The van der Waals surface area contributed by atoms with E-state index in [1.54, 1.807) is 0 Å². The highest BCUT2D eigenvalue weighted by atomic mass is 28.3. The summed E-state index contributed by atoms with van der Waals surface area (Å²) in [5, 5.41) is 0. The Balaban J connectivity index is 3.24. The average molecular weight is 250 g/mol. The van der Waals surface area contributed by atoms with Gasteiger partial charge in [-0.05, 0) is 18.2 Å². The zero-order chi connectivity index (χ0) is 13.1. The Kier molecular flexibility index (Phi) is 4.08. The summed E-state index contributed by atoms with van der Waals surface area (Å²) in [6.07, 6.45) is 0. The van der Waals surface area contributed by atoms with Crippen molar-refractivity contribution in [3.05, 3.63) is 35.1 Å². The van der Waals surface area contributed by atoms with E-state index in [9.17, 15) is 9.18 Å². The van der Waals surface area contributed by atoms with Crippen LogP contribution in [0.5, 0.6) is 0 Å². The SMILES string of the molecule is COC(=O)c1ccc(F)cc1C#C[Si](C)(C)C. The van der Waals surface area contributed by atoms with Gasteiger partial charge in [0.25, 0.3) is 0 Å². The fourth-order valence-corrected chi connectivity index (χ4v) is 1.67. The molecule has 2 nitrogen and oxygen atoms in total. The highest BCUT2D eigenvalue weighted by Gasteiger charge is 2.12. The van der Waals surface area contributed by atoms with Crippen LogP contribution in [-0.4, -0.2) is 21.2 Å². The van der Waals surface area contributed by atoms with Crippen molar-refractivity contribution in [2.45, 2.75) is 19.6 Å². The molecular weight excluding hydrogens is 235 g/mol. The zero-order valence-electron chi connectivity index (χ0n) is 10.4. The van der Waals surface area contributed by atoms with Gasteiger partial charge < -0.3 is 4.74 Å². The molecule has 0 aliphatic rings. The van der Waals surface area contributed by atoms with Crippen molar-refractivity contribution in [2.75, 3.05) is 7.11 Å². The van der Waals surface area contributed by atoms with E-state index < -0.39 is 19.9 Å². The largest absolute Gasteiger partial charge is 0.465 e. The Morgan fingerprint density at radius 2 is 2.00 bits per heavy atom. The van der Waals surface area contributed by atoms with Gasteiger partial charge in [-0.15, -0.1) is 5.54 Å². The van der Waals surface area contributed by atoms with Crippen LogP contribution in [0.15, 0.2) is 18.2 Å². The van der Waals surface area contributed by atoms with Crippen LogP contribution in [0, 0.1) is 17.3 Å². The maximum atomic E-state index is 13.1. The second-order valence-electron chi connectivity index (χ2n) is 4.68. The topological polar surface area (TPSA) is 26.3 Å². The summed E-state index contributed by atoms with van der Waals surface area (Å²) in [5.74, 6) is 1.98. The molecule has 4 heteroatoms. The lowest BCUT2D eigenvalue weighted by atomic mass is 10.1. The normalized spacial score (nSPS) is 10.4. The number of rotatable bonds is 1. The summed E-state index contributed by atoms with van der Waals surface area (Å²) in [7, 11) is -0.268. The van der Waals surface area contributed by atoms with E-state index in [4.69, 9.17) is 0 Å². The first-order chi connectivity index (χ1) is 7.83. The van der Waals surface area contributed by atoms with E-state index in [1.165, 1.54) is 25.3 Å². The van der Waals surface area contributed by atoms with Crippen LogP contribution >= 0.6 is 0 Å². The third-order valence-corrected chi connectivity index (χ3v) is 2.83. The van der Waals surface area contributed by atoms with E-state index >= 15 is 0 Å². The van der Waals surface area contributed by atoms with Crippen molar-refractivity contribution in [2.24, 2.45) is 0 Å². The Bertz CT molecular complexity index is 492. The van der Waals surface area contributed by atoms with Crippen molar-refractivity contribution in [1.82, 2.24) is 0 Å². The van der Waals surface area contributed by atoms with Crippen LogP contribution < -0.4 is 0 Å². The molecule has 0 N–H and O–H groups in total. The minimum Gasteiger partial charge on any atom is -0.465 e. The van der Waals surface area contributed by atoms with Gasteiger partial charge in [0.2, 0.25) is 0 Å². The molecule has 0 aromatic heterocycles. The molecule has 0 fully saturated rings. The summed E-state index contributed by atoms with van der Waals surface area (Å²) >= 11 is 0. The molecule has 1 aromatic rings. The predicted octanol–water partition coefficient (Wildman–Crippen LogP) is 2.84. The number of ether oxygens (including phenoxy) is 1. The molecule has 0 saturated carbocycles. The van der Waals surface area contributed by atoms with Crippen molar-refractivity contribution < 1.29 is 13.9 Å². The smallest absolute Gasteiger partial charge is 0.339 e. The Hall–Kier alpha value is -1.60. The summed E-state index contributed by atoms with van der Waals surface area (Å²) in [5.41, 5.74) is 3.79. The maximum Gasteiger partial charge on any atom is 0.339 e. The standard InChI is InChI=1S/C13H15FO2Si/c1-16-13(15)12-6-5-11(14)9-10(12)7-8-17(2,3)4/h5-6,9H,1-4H3. The van der Waals surface area contributed by atoms with Gasteiger partial charge in [-0.3, -0.25) is 0 Å². The number of halogens is 1. The molecule has 0 heterocycles. The third-order valence-electron chi connectivity index (χ3n) is 1.96. The predicted molar refractivity (Wildman–Crippen MR) is 68.0 cm³/mol. The molecule has 0 amide bonds. The second-order valence-corrected chi connectivity index (χ2v) is 9.43. The van der Waals surface area contributed by atoms with Crippen molar-refractivity contribution in [3.8, 4) is 11.5 Å². The quantitative estimate of drug-likeness (QED) is 0.435. The number of carbonyl (C=O) groups excluding carboxylic acids is 1. The van der Waals surface area contributed by atoms with E-state index in [2.05, 4.69) is 35.8 Å². The molecule has 0 atom stereocenters. The number of hydrogen-bond donors (Lipinski definition) is 0. The molecule has 0 saturated heterocycles. The summed E-state index contributed by atoms with van der Waals surface area (Å²) in [6.45, 7) is 6.24. The van der Waals surface area contributed by atoms with Gasteiger partial charge in [0, 0.05) is 5.56 Å². The molecule has 0 aliphatic heterocycles. The number of methoxy groups -OCH3 is 1. The Morgan fingerprint density at radius 1 is 1.35 bits per heavy atom. The van der Waals surface area contributed by atoms with Gasteiger partial charge in [0.1, 0.15) is 13.9 Å². The minimum atomic E-state index is -1.56. The summed E-state index contributed by atoms with van der Waals surface area (Å²) in [6, 6.07) is 3.89. The van der Waals surface area contributed by atoms with Gasteiger partial charge in [0.15, 0.2) is 0 Å². The minimum absolute atomic E-state index is 0.305. The van der Waals surface area contributed by atoms with Gasteiger partial charge in [-0.1, -0.05) is 25.6 Å². The number of hydrogen-bond acceptors (Lipinski definition) is 2. The molecule has 0 aliphatic carbocycles. The lowest BCUT2D eigenvalue weighted by Gasteiger charge is -2.05. The first-order valence-electron chi connectivity index (χ1n) is 5.24. The first-order valence-corrected chi connectivity index (χ1v) is 8.74. The Labute approximate surface area is 102 Å². The molecule has 0 unspecified atom stereocenters. The highest BCUT2D eigenvalue weighted by molar-refractivity contribution is 6.83. The van der Waals surface area contributed by atoms with Crippen molar-refractivity contribution in [1.29, 1.82) is 0 Å². The average Bonchev–Trinajstić information content (AvgIpc) is 2.24. The van der Waals surface area contributed by atoms with Crippen LogP contribution in [0.4, 0.5) is 4.39 Å². The molecule has 17 heavy (non-hydrogen) atoms. The Morgan fingerprint density at radius 3 is 2.53 bits per heavy atom. The molecule has 0 radical (unpaired) electrons. The molecule has 0 bridgehead atoms. The van der Waals surface area contributed by atoms with Crippen LogP contribution in [0.1, 0.15) is 15.9 Å². The van der Waals surface area contributed by atoms with E-state index in [0.717, 1.165) is 0 Å². The molecule has 90 valence electrons. The number of benzene rings is 1. The molecule has 1 aromatic carbocycles. The summed E-state index contributed by atoms with van der Waals surface area (Å²) in [4.78, 5) is 11.5. The van der Waals surface area contributed by atoms with Crippen molar-refractivity contribution in [3.63, 3.8) is 0 Å². The van der Waals surface area contributed by atoms with E-state index in [1.807, 2.05) is 0 Å². The fourth-order valence-electron chi connectivity index (χ4n) is 1.16. The lowest BCUT2D eigenvalue weighted by Crippen LogP contribution is -2.16. The van der Waals surface area contributed by atoms with Crippen LogP contribution in [0.25, 0.3) is 0 Å². The van der Waals surface area contributed by atoms with Gasteiger partial charge in [0.05, 0.1) is 12.7 Å². The van der Waals surface area contributed by atoms with Crippen LogP contribution in [0.3, 0.4) is 0 Å². The van der Waals surface area contributed by atoms with Crippen LogP contribution in [0.2, 0.25) is 19.6 Å². The molecule has 0 spiro atoms.